The van der Waals surface area contributed by atoms with Gasteiger partial charge >= 0.3 is 0 Å². The summed E-state index contributed by atoms with van der Waals surface area (Å²) in [5.41, 5.74) is 1.78. The molecule has 144 valence electrons. The van der Waals surface area contributed by atoms with Crippen LogP contribution in [0.2, 0.25) is 0 Å². The lowest BCUT2D eigenvalue weighted by molar-refractivity contribution is 0.102. The number of pyridine rings is 1. The van der Waals surface area contributed by atoms with E-state index in [0.29, 0.717) is 34.3 Å². The summed E-state index contributed by atoms with van der Waals surface area (Å²) >= 11 is 0. The quantitative estimate of drug-likeness (QED) is 0.643. The second kappa shape index (κ2) is 8.77. The fourth-order valence-corrected chi connectivity index (χ4v) is 2.61. The number of aromatic nitrogens is 1. The summed E-state index contributed by atoms with van der Waals surface area (Å²) in [5.74, 6) is 2.19. The zero-order chi connectivity index (χ0) is 19.9. The first-order valence-corrected chi connectivity index (χ1v) is 8.54. The number of para-hydroxylation sites is 1. The zero-order valence-corrected chi connectivity index (χ0v) is 15.9. The average Bonchev–Trinajstić information content (AvgIpc) is 2.75. The third-order valence-corrected chi connectivity index (χ3v) is 4.04. The van der Waals surface area contributed by atoms with E-state index in [1.807, 2.05) is 18.2 Å². The van der Waals surface area contributed by atoms with Crippen LogP contribution >= 0.6 is 0 Å². The van der Waals surface area contributed by atoms with Gasteiger partial charge < -0.3 is 24.8 Å². The molecule has 0 unspecified atom stereocenters. The number of hydrogen-bond acceptors (Lipinski definition) is 6. The minimum Gasteiger partial charge on any atom is -0.497 e. The number of ether oxygens (including phenoxy) is 3. The van der Waals surface area contributed by atoms with Crippen molar-refractivity contribution in [2.24, 2.45) is 0 Å². The second-order valence-corrected chi connectivity index (χ2v) is 5.78. The molecule has 0 saturated heterocycles. The Kier molecular flexibility index (Phi) is 5.96. The molecule has 0 fully saturated rings. The summed E-state index contributed by atoms with van der Waals surface area (Å²) in [5, 5.41) is 5.99. The minimum absolute atomic E-state index is 0.267. The first-order chi connectivity index (χ1) is 13.6. The molecule has 2 N–H and O–H groups in total. The summed E-state index contributed by atoms with van der Waals surface area (Å²) in [4.78, 5) is 16.8. The first kappa shape index (κ1) is 19.0. The molecule has 3 aromatic rings. The maximum atomic E-state index is 12.5. The Labute approximate surface area is 163 Å². The Bertz CT molecular complexity index is 958. The normalized spacial score (nSPS) is 10.1. The molecule has 0 bridgehead atoms. The molecule has 0 atom stereocenters. The predicted octanol–water partition coefficient (Wildman–Crippen LogP) is 4.10. The Hall–Kier alpha value is -3.74. The summed E-state index contributed by atoms with van der Waals surface area (Å²) < 4.78 is 15.8. The second-order valence-electron chi connectivity index (χ2n) is 5.78. The maximum Gasteiger partial charge on any atom is 0.259 e. The lowest BCUT2D eigenvalue weighted by Crippen LogP contribution is -2.13. The summed E-state index contributed by atoms with van der Waals surface area (Å²) in [7, 11) is 4.72. The van der Waals surface area contributed by atoms with Crippen molar-refractivity contribution in [3.63, 3.8) is 0 Å². The average molecular weight is 379 g/mol. The standard InChI is InChI=1S/C21H21N3O4/c1-26-15-9-10-17(19(12-15)28-3)24-20-11-8-14(13-22-20)23-21(25)16-6-4-5-7-18(16)27-2/h4-13H,1-3H3,(H,22,24)(H,23,25). The third-order valence-electron chi connectivity index (χ3n) is 4.04. The molecule has 0 spiro atoms. The van der Waals surface area contributed by atoms with Gasteiger partial charge in [-0.15, -0.1) is 0 Å². The van der Waals surface area contributed by atoms with Crippen molar-refractivity contribution in [3.8, 4) is 17.2 Å². The molecular weight excluding hydrogens is 358 g/mol. The number of nitrogens with zero attached hydrogens (tertiary/aromatic N) is 1. The number of methoxy groups -OCH3 is 3. The predicted molar refractivity (Wildman–Crippen MR) is 108 cm³/mol. The molecule has 3 rings (SSSR count). The summed E-state index contributed by atoms with van der Waals surface area (Å²) in [6, 6.07) is 16.0. The molecule has 1 amide bonds. The van der Waals surface area contributed by atoms with E-state index in [1.54, 1.807) is 56.8 Å². The Morgan fingerprint density at radius 1 is 0.893 bits per heavy atom. The van der Waals surface area contributed by atoms with Crippen LogP contribution in [0.3, 0.4) is 0 Å². The molecular formula is C21H21N3O4. The van der Waals surface area contributed by atoms with Gasteiger partial charge in [0.25, 0.3) is 5.91 Å². The van der Waals surface area contributed by atoms with Crippen LogP contribution in [0, 0.1) is 0 Å². The van der Waals surface area contributed by atoms with Crippen molar-refractivity contribution in [2.75, 3.05) is 32.0 Å². The van der Waals surface area contributed by atoms with Gasteiger partial charge in [0.1, 0.15) is 23.1 Å². The number of carbonyl (C=O) groups is 1. The molecule has 0 saturated carbocycles. The van der Waals surface area contributed by atoms with E-state index in [1.165, 1.54) is 7.11 Å². The number of carbonyl (C=O) groups excluding carboxylic acids is 1. The van der Waals surface area contributed by atoms with Crippen molar-refractivity contribution < 1.29 is 19.0 Å². The van der Waals surface area contributed by atoms with Crippen LogP contribution in [0.1, 0.15) is 10.4 Å². The zero-order valence-electron chi connectivity index (χ0n) is 15.9. The smallest absolute Gasteiger partial charge is 0.259 e. The number of rotatable bonds is 7. The van der Waals surface area contributed by atoms with Gasteiger partial charge in [0, 0.05) is 6.07 Å². The van der Waals surface area contributed by atoms with E-state index in [0.717, 1.165) is 5.69 Å². The molecule has 7 heteroatoms. The third kappa shape index (κ3) is 4.32. The van der Waals surface area contributed by atoms with Gasteiger partial charge in [0.15, 0.2) is 0 Å². The number of amides is 1. The highest BCUT2D eigenvalue weighted by Crippen LogP contribution is 2.31. The lowest BCUT2D eigenvalue weighted by Gasteiger charge is -2.12. The molecule has 0 radical (unpaired) electrons. The van der Waals surface area contributed by atoms with Gasteiger partial charge in [-0.2, -0.15) is 0 Å². The fourth-order valence-electron chi connectivity index (χ4n) is 2.61. The largest absolute Gasteiger partial charge is 0.497 e. The van der Waals surface area contributed by atoms with Crippen LogP contribution in [-0.2, 0) is 0 Å². The number of nitrogens with one attached hydrogen (secondary N) is 2. The Morgan fingerprint density at radius 2 is 1.68 bits per heavy atom. The van der Waals surface area contributed by atoms with Crippen LogP contribution in [0.5, 0.6) is 17.2 Å². The molecule has 0 aliphatic heterocycles. The van der Waals surface area contributed by atoms with Gasteiger partial charge in [-0.25, -0.2) is 4.98 Å². The molecule has 28 heavy (non-hydrogen) atoms. The molecule has 1 heterocycles. The Balaban J connectivity index is 1.71. The minimum atomic E-state index is -0.267. The van der Waals surface area contributed by atoms with Gasteiger partial charge in [-0.3, -0.25) is 4.79 Å². The van der Waals surface area contributed by atoms with Crippen molar-refractivity contribution in [3.05, 3.63) is 66.4 Å². The Morgan fingerprint density at radius 3 is 2.36 bits per heavy atom. The van der Waals surface area contributed by atoms with E-state index < -0.39 is 0 Å². The number of anilines is 3. The molecule has 2 aromatic carbocycles. The molecule has 1 aromatic heterocycles. The van der Waals surface area contributed by atoms with E-state index in [2.05, 4.69) is 15.6 Å². The monoisotopic (exact) mass is 379 g/mol. The number of benzene rings is 2. The van der Waals surface area contributed by atoms with Crippen molar-refractivity contribution in [2.45, 2.75) is 0 Å². The van der Waals surface area contributed by atoms with Gasteiger partial charge in [0.2, 0.25) is 0 Å². The highest BCUT2D eigenvalue weighted by Gasteiger charge is 2.12. The summed E-state index contributed by atoms with van der Waals surface area (Å²) in [6.07, 6.45) is 1.58. The fraction of sp³-hybridized carbons (Fsp3) is 0.143. The van der Waals surface area contributed by atoms with Crippen LogP contribution in [-0.4, -0.2) is 32.2 Å². The maximum absolute atomic E-state index is 12.5. The van der Waals surface area contributed by atoms with Crippen LogP contribution in [0.25, 0.3) is 0 Å². The van der Waals surface area contributed by atoms with Gasteiger partial charge in [-0.1, -0.05) is 12.1 Å². The molecule has 0 aliphatic carbocycles. The number of hydrogen-bond donors (Lipinski definition) is 2. The molecule has 0 aliphatic rings. The van der Waals surface area contributed by atoms with Crippen LogP contribution in [0.15, 0.2) is 60.8 Å². The first-order valence-electron chi connectivity index (χ1n) is 8.54. The van der Waals surface area contributed by atoms with Crippen LogP contribution < -0.4 is 24.8 Å². The van der Waals surface area contributed by atoms with Crippen LogP contribution in [0.4, 0.5) is 17.2 Å². The lowest BCUT2D eigenvalue weighted by atomic mass is 10.2. The van der Waals surface area contributed by atoms with Crippen molar-refractivity contribution in [1.82, 2.24) is 4.98 Å². The van der Waals surface area contributed by atoms with Crippen molar-refractivity contribution in [1.29, 1.82) is 0 Å². The highest BCUT2D eigenvalue weighted by molar-refractivity contribution is 6.06. The molecule has 7 nitrogen and oxygen atoms in total. The SMILES string of the molecule is COc1ccc(Nc2ccc(NC(=O)c3ccccc3OC)cn2)c(OC)c1. The van der Waals surface area contributed by atoms with E-state index in [9.17, 15) is 4.79 Å². The summed E-state index contributed by atoms with van der Waals surface area (Å²) in [6.45, 7) is 0. The highest BCUT2D eigenvalue weighted by atomic mass is 16.5. The van der Waals surface area contributed by atoms with E-state index in [-0.39, 0.29) is 5.91 Å². The van der Waals surface area contributed by atoms with Gasteiger partial charge in [0.05, 0.1) is 44.5 Å². The van der Waals surface area contributed by atoms with Gasteiger partial charge in [-0.05, 0) is 36.4 Å². The van der Waals surface area contributed by atoms with E-state index >= 15 is 0 Å². The van der Waals surface area contributed by atoms with Crippen molar-refractivity contribution >= 4 is 23.1 Å². The topological polar surface area (TPSA) is 81.7 Å². The van der Waals surface area contributed by atoms with E-state index in [4.69, 9.17) is 14.2 Å².